The fourth-order valence-corrected chi connectivity index (χ4v) is 2.00. The van der Waals surface area contributed by atoms with Crippen LogP contribution in [0.5, 0.6) is 0 Å². The molecule has 5 heteroatoms. The Bertz CT molecular complexity index is 181. The van der Waals surface area contributed by atoms with Gasteiger partial charge in [0.15, 0.2) is 0 Å². The van der Waals surface area contributed by atoms with Crippen LogP contribution < -0.4 is 5.32 Å². The van der Waals surface area contributed by atoms with E-state index in [2.05, 4.69) is 5.32 Å². The van der Waals surface area contributed by atoms with E-state index in [1.54, 1.807) is 14.2 Å². The van der Waals surface area contributed by atoms with E-state index >= 15 is 0 Å². The molecule has 0 amide bonds. The van der Waals surface area contributed by atoms with Crippen molar-refractivity contribution in [1.82, 2.24) is 10.2 Å². The number of halogens is 1. The molecule has 1 aliphatic heterocycles. The van der Waals surface area contributed by atoms with E-state index in [4.69, 9.17) is 4.74 Å². The molecule has 3 atom stereocenters. The van der Waals surface area contributed by atoms with Gasteiger partial charge in [-0.1, -0.05) is 0 Å². The molecule has 15 heavy (non-hydrogen) atoms. The predicted molar refractivity (Wildman–Crippen MR) is 56.7 cm³/mol. The summed E-state index contributed by atoms with van der Waals surface area (Å²) >= 11 is 0. The zero-order chi connectivity index (χ0) is 11.3. The molecule has 0 radical (unpaired) electrons. The number of hydrogen-bond donors (Lipinski definition) is 2. The van der Waals surface area contributed by atoms with E-state index in [9.17, 15) is 9.50 Å². The average Bonchev–Trinajstić information content (AvgIpc) is 2.18. The van der Waals surface area contributed by atoms with Gasteiger partial charge >= 0.3 is 0 Å². The number of piperidine rings is 1. The fraction of sp³-hybridized carbons (Fsp3) is 1.00. The standard InChI is InChI=1S/C10H21FN2O2/c1-12-10-3-4-13(6-9(10)11)5-8(14)7-15-2/h8-10,12,14H,3-7H2,1-2H3. The lowest BCUT2D eigenvalue weighted by Gasteiger charge is -2.35. The van der Waals surface area contributed by atoms with Gasteiger partial charge in [0.05, 0.1) is 12.7 Å². The second kappa shape index (κ2) is 6.37. The number of nitrogens with zero attached hydrogens (tertiary/aromatic N) is 1. The first-order chi connectivity index (χ1) is 7.17. The van der Waals surface area contributed by atoms with Gasteiger partial charge in [-0.25, -0.2) is 4.39 Å². The first kappa shape index (κ1) is 12.8. The molecule has 0 aromatic carbocycles. The summed E-state index contributed by atoms with van der Waals surface area (Å²) in [6.07, 6.45) is -0.580. The van der Waals surface area contributed by atoms with Crippen molar-refractivity contribution in [2.45, 2.75) is 24.7 Å². The number of alkyl halides is 1. The zero-order valence-electron chi connectivity index (χ0n) is 9.45. The van der Waals surface area contributed by atoms with Crippen LogP contribution in [0, 0.1) is 0 Å². The predicted octanol–water partition coefficient (Wildman–Crippen LogP) is -0.374. The van der Waals surface area contributed by atoms with Gasteiger partial charge in [-0.2, -0.15) is 0 Å². The van der Waals surface area contributed by atoms with Crippen molar-refractivity contribution in [3.8, 4) is 0 Å². The van der Waals surface area contributed by atoms with Crippen LogP contribution in [0.1, 0.15) is 6.42 Å². The van der Waals surface area contributed by atoms with E-state index in [-0.39, 0.29) is 6.04 Å². The summed E-state index contributed by atoms with van der Waals surface area (Å²) in [7, 11) is 3.33. The number of nitrogens with one attached hydrogen (secondary N) is 1. The van der Waals surface area contributed by atoms with Crippen LogP contribution in [0.3, 0.4) is 0 Å². The molecule has 1 rings (SSSR count). The Kier molecular flexibility index (Phi) is 5.45. The third kappa shape index (κ3) is 4.03. The van der Waals surface area contributed by atoms with Gasteiger partial charge in [0.2, 0.25) is 0 Å². The van der Waals surface area contributed by atoms with Crippen LogP contribution >= 0.6 is 0 Å². The van der Waals surface area contributed by atoms with Crippen molar-refractivity contribution in [1.29, 1.82) is 0 Å². The molecule has 2 N–H and O–H groups in total. The van der Waals surface area contributed by atoms with Crippen molar-refractivity contribution in [3.63, 3.8) is 0 Å². The van der Waals surface area contributed by atoms with Gasteiger partial charge in [0, 0.05) is 26.2 Å². The first-order valence-electron chi connectivity index (χ1n) is 5.38. The quantitative estimate of drug-likeness (QED) is 0.663. The molecule has 0 saturated carbocycles. The average molecular weight is 220 g/mol. The highest BCUT2D eigenvalue weighted by Crippen LogP contribution is 2.14. The lowest BCUT2D eigenvalue weighted by molar-refractivity contribution is 0.0179. The highest BCUT2D eigenvalue weighted by molar-refractivity contribution is 4.85. The van der Waals surface area contributed by atoms with Crippen LogP contribution in [0.25, 0.3) is 0 Å². The molecular weight excluding hydrogens is 199 g/mol. The Morgan fingerprint density at radius 1 is 1.67 bits per heavy atom. The highest BCUT2D eigenvalue weighted by atomic mass is 19.1. The number of aliphatic hydroxyl groups is 1. The molecule has 1 heterocycles. The molecule has 0 aromatic rings. The topological polar surface area (TPSA) is 44.7 Å². The molecule has 0 bridgehead atoms. The second-order valence-electron chi connectivity index (χ2n) is 4.07. The molecule has 4 nitrogen and oxygen atoms in total. The first-order valence-corrected chi connectivity index (χ1v) is 5.38. The largest absolute Gasteiger partial charge is 0.389 e. The van der Waals surface area contributed by atoms with Crippen molar-refractivity contribution in [2.75, 3.05) is 40.4 Å². The Morgan fingerprint density at radius 3 is 2.93 bits per heavy atom. The van der Waals surface area contributed by atoms with Gasteiger partial charge in [-0.3, -0.25) is 4.90 Å². The van der Waals surface area contributed by atoms with Gasteiger partial charge < -0.3 is 15.2 Å². The van der Waals surface area contributed by atoms with Crippen molar-refractivity contribution in [3.05, 3.63) is 0 Å². The Hall–Kier alpha value is -0.230. The van der Waals surface area contributed by atoms with E-state index in [1.165, 1.54) is 0 Å². The second-order valence-corrected chi connectivity index (χ2v) is 4.07. The van der Waals surface area contributed by atoms with Crippen LogP contribution in [0.2, 0.25) is 0 Å². The number of likely N-dealkylation sites (tertiary alicyclic amines) is 1. The normalized spacial score (nSPS) is 30.4. The minimum Gasteiger partial charge on any atom is -0.389 e. The molecule has 0 spiro atoms. The number of rotatable bonds is 5. The summed E-state index contributed by atoms with van der Waals surface area (Å²) in [5, 5.41) is 12.5. The van der Waals surface area contributed by atoms with Gasteiger partial charge in [0.1, 0.15) is 6.17 Å². The van der Waals surface area contributed by atoms with E-state index in [0.29, 0.717) is 19.7 Å². The van der Waals surface area contributed by atoms with E-state index in [1.807, 2.05) is 4.90 Å². The van der Waals surface area contributed by atoms with Crippen LogP contribution in [-0.2, 0) is 4.74 Å². The van der Waals surface area contributed by atoms with Crippen LogP contribution in [0.15, 0.2) is 0 Å². The Morgan fingerprint density at radius 2 is 2.40 bits per heavy atom. The molecule has 1 aliphatic rings. The van der Waals surface area contributed by atoms with Gasteiger partial charge in [-0.15, -0.1) is 0 Å². The van der Waals surface area contributed by atoms with Crippen molar-refractivity contribution in [2.24, 2.45) is 0 Å². The number of β-amino-alcohol motifs (C(OH)–C–C–N with tert-alkyl or cyclic N) is 1. The summed E-state index contributed by atoms with van der Waals surface area (Å²) < 4.78 is 18.3. The summed E-state index contributed by atoms with van der Waals surface area (Å²) in [5.74, 6) is 0. The number of ether oxygens (including phenoxy) is 1. The number of methoxy groups -OCH3 is 1. The SMILES string of the molecule is CNC1CCN(CC(O)COC)CC1F. The monoisotopic (exact) mass is 220 g/mol. The minimum absolute atomic E-state index is 0.0409. The molecule has 0 aliphatic carbocycles. The summed E-state index contributed by atoms with van der Waals surface area (Å²) in [6, 6.07) is -0.0409. The van der Waals surface area contributed by atoms with Crippen molar-refractivity contribution >= 4 is 0 Å². The molecule has 0 aromatic heterocycles. The summed E-state index contributed by atoms with van der Waals surface area (Å²) in [5.41, 5.74) is 0. The summed E-state index contributed by atoms with van der Waals surface area (Å²) in [6.45, 7) is 2.02. The zero-order valence-corrected chi connectivity index (χ0v) is 9.45. The lowest BCUT2D eigenvalue weighted by atomic mass is 10.0. The summed E-state index contributed by atoms with van der Waals surface area (Å²) in [4.78, 5) is 1.95. The molecule has 1 saturated heterocycles. The minimum atomic E-state index is -0.849. The number of aliphatic hydroxyl groups excluding tert-OH is 1. The third-order valence-electron chi connectivity index (χ3n) is 2.82. The van der Waals surface area contributed by atoms with E-state index in [0.717, 1.165) is 13.0 Å². The smallest absolute Gasteiger partial charge is 0.128 e. The van der Waals surface area contributed by atoms with Crippen molar-refractivity contribution < 1.29 is 14.2 Å². The lowest BCUT2D eigenvalue weighted by Crippen LogP contribution is -2.51. The fourth-order valence-electron chi connectivity index (χ4n) is 2.00. The number of hydrogen-bond acceptors (Lipinski definition) is 4. The maximum atomic E-state index is 13.5. The van der Waals surface area contributed by atoms with Gasteiger partial charge in [-0.05, 0) is 20.0 Å². The Balaban J connectivity index is 2.28. The molecule has 3 unspecified atom stereocenters. The molecule has 90 valence electrons. The van der Waals surface area contributed by atoms with E-state index < -0.39 is 12.3 Å². The van der Waals surface area contributed by atoms with Crippen LogP contribution in [0.4, 0.5) is 4.39 Å². The maximum absolute atomic E-state index is 13.5. The highest BCUT2D eigenvalue weighted by Gasteiger charge is 2.28. The molecular formula is C10H21FN2O2. The van der Waals surface area contributed by atoms with Crippen LogP contribution in [-0.4, -0.2) is 68.7 Å². The molecule has 1 fully saturated rings. The maximum Gasteiger partial charge on any atom is 0.128 e. The Labute approximate surface area is 90.4 Å². The third-order valence-corrected chi connectivity index (χ3v) is 2.82. The van der Waals surface area contributed by atoms with Gasteiger partial charge in [0.25, 0.3) is 0 Å².